The van der Waals surface area contributed by atoms with Gasteiger partial charge in [0.2, 0.25) is 5.91 Å². The zero-order valence-corrected chi connectivity index (χ0v) is 16.9. The Bertz CT molecular complexity index is 937. The zero-order valence-electron chi connectivity index (χ0n) is 16.2. The van der Waals surface area contributed by atoms with Gasteiger partial charge in [0.1, 0.15) is 12.2 Å². The van der Waals surface area contributed by atoms with Crippen molar-refractivity contribution >= 4 is 34.9 Å². The van der Waals surface area contributed by atoms with E-state index < -0.39 is 23.8 Å². The van der Waals surface area contributed by atoms with E-state index in [1.807, 2.05) is 13.8 Å². The van der Waals surface area contributed by atoms with Crippen LogP contribution in [-0.2, 0) is 11.0 Å². The maximum Gasteiger partial charge on any atom is 0.433 e. The second-order valence-electron chi connectivity index (χ2n) is 7.17. The molecule has 1 fully saturated rings. The van der Waals surface area contributed by atoms with Crippen molar-refractivity contribution in [3.05, 3.63) is 47.5 Å². The minimum absolute atomic E-state index is 0.0157. The molecule has 0 bridgehead atoms. The van der Waals surface area contributed by atoms with Crippen LogP contribution in [0.3, 0.4) is 0 Å². The van der Waals surface area contributed by atoms with E-state index in [9.17, 15) is 22.8 Å². The van der Waals surface area contributed by atoms with Gasteiger partial charge in [-0.15, -0.1) is 0 Å². The summed E-state index contributed by atoms with van der Waals surface area (Å²) in [7, 11) is 0. The van der Waals surface area contributed by atoms with Crippen LogP contribution in [-0.4, -0.2) is 45.9 Å². The first-order valence-corrected chi connectivity index (χ1v) is 9.46. The molecule has 0 radical (unpaired) electrons. The van der Waals surface area contributed by atoms with Gasteiger partial charge in [0.25, 0.3) is 0 Å². The molecule has 1 aliphatic heterocycles. The van der Waals surface area contributed by atoms with Crippen LogP contribution in [0, 0.1) is 5.92 Å². The smallest absolute Gasteiger partial charge is 0.323 e. The predicted molar refractivity (Wildman–Crippen MR) is 105 cm³/mol. The van der Waals surface area contributed by atoms with Crippen molar-refractivity contribution in [2.24, 2.45) is 5.92 Å². The summed E-state index contributed by atoms with van der Waals surface area (Å²) in [5.41, 5.74) is -0.408. The highest BCUT2D eigenvalue weighted by Crippen LogP contribution is 2.31. The molecule has 2 aromatic heterocycles. The van der Waals surface area contributed by atoms with Crippen molar-refractivity contribution in [1.29, 1.82) is 0 Å². The lowest BCUT2D eigenvalue weighted by atomic mass is 10.0. The summed E-state index contributed by atoms with van der Waals surface area (Å²) in [5, 5.41) is 2.99. The Hall–Kier alpha value is -2.88. The Kier molecular flexibility index (Phi) is 6.16. The molecule has 7 nitrogen and oxygen atoms in total. The van der Waals surface area contributed by atoms with Crippen LogP contribution < -0.4 is 10.2 Å². The molecule has 3 heterocycles. The quantitative estimate of drug-likeness (QED) is 0.759. The van der Waals surface area contributed by atoms with Crippen LogP contribution in [0.5, 0.6) is 0 Å². The number of hydrogen-bond donors (Lipinski definition) is 1. The Balaban J connectivity index is 1.75. The third kappa shape index (κ3) is 4.81. The molecule has 2 aromatic rings. The fourth-order valence-electron chi connectivity index (χ4n) is 3.18. The van der Waals surface area contributed by atoms with Crippen molar-refractivity contribution in [1.82, 2.24) is 14.9 Å². The Labute approximate surface area is 175 Å². The number of amides is 3. The van der Waals surface area contributed by atoms with Gasteiger partial charge >= 0.3 is 12.2 Å². The van der Waals surface area contributed by atoms with E-state index in [-0.39, 0.29) is 30.7 Å². The third-order valence-electron chi connectivity index (χ3n) is 4.67. The Morgan fingerprint density at radius 3 is 2.60 bits per heavy atom. The van der Waals surface area contributed by atoms with E-state index in [0.29, 0.717) is 10.7 Å². The molecule has 0 aromatic carbocycles. The van der Waals surface area contributed by atoms with Crippen LogP contribution >= 0.6 is 11.6 Å². The number of rotatable bonds is 5. The van der Waals surface area contributed by atoms with Gasteiger partial charge in [-0.3, -0.25) is 14.7 Å². The topological polar surface area (TPSA) is 78.4 Å². The van der Waals surface area contributed by atoms with E-state index in [1.165, 1.54) is 34.3 Å². The molecule has 0 saturated carbocycles. The number of aromatic nitrogens is 2. The van der Waals surface area contributed by atoms with Gasteiger partial charge < -0.3 is 10.2 Å². The van der Waals surface area contributed by atoms with Gasteiger partial charge in [-0.1, -0.05) is 25.4 Å². The molecule has 30 heavy (non-hydrogen) atoms. The third-order valence-corrected chi connectivity index (χ3v) is 4.88. The van der Waals surface area contributed by atoms with Crippen LogP contribution in [0.15, 0.2) is 36.8 Å². The molecular formula is C19H19ClF3N5O2. The number of carbonyl (C=O) groups is 2. The molecule has 0 spiro atoms. The minimum atomic E-state index is -4.56. The lowest BCUT2D eigenvalue weighted by Crippen LogP contribution is -2.42. The first-order valence-electron chi connectivity index (χ1n) is 9.08. The van der Waals surface area contributed by atoms with E-state index in [2.05, 4.69) is 15.3 Å². The predicted octanol–water partition coefficient (Wildman–Crippen LogP) is 4.05. The number of nitrogens with zero attached hydrogens (tertiary/aromatic N) is 4. The molecule has 0 aliphatic carbocycles. The van der Waals surface area contributed by atoms with Gasteiger partial charge in [0.15, 0.2) is 0 Å². The van der Waals surface area contributed by atoms with Crippen molar-refractivity contribution in [3.8, 4) is 0 Å². The fourth-order valence-corrected chi connectivity index (χ4v) is 3.35. The summed E-state index contributed by atoms with van der Waals surface area (Å²) < 4.78 is 38.2. The van der Waals surface area contributed by atoms with Gasteiger partial charge in [-0.2, -0.15) is 13.2 Å². The summed E-state index contributed by atoms with van der Waals surface area (Å²) in [6.07, 6.45) is -0.700. The number of nitrogens with one attached hydrogen (secondary N) is 1. The van der Waals surface area contributed by atoms with Crippen LogP contribution in [0.2, 0.25) is 5.02 Å². The highest BCUT2D eigenvalue weighted by molar-refractivity contribution is 6.30. The molecule has 1 saturated heterocycles. The lowest BCUT2D eigenvalue weighted by Gasteiger charge is -2.25. The summed E-state index contributed by atoms with van der Waals surface area (Å²) in [6.45, 7) is 3.81. The van der Waals surface area contributed by atoms with E-state index >= 15 is 0 Å². The summed E-state index contributed by atoms with van der Waals surface area (Å²) >= 11 is 5.85. The summed E-state index contributed by atoms with van der Waals surface area (Å²) in [5.74, 6) is -0.424. The van der Waals surface area contributed by atoms with Crippen molar-refractivity contribution in [2.45, 2.75) is 26.1 Å². The monoisotopic (exact) mass is 441 g/mol. The highest BCUT2D eigenvalue weighted by atomic mass is 35.5. The largest absolute Gasteiger partial charge is 0.433 e. The van der Waals surface area contributed by atoms with E-state index in [4.69, 9.17) is 11.6 Å². The van der Waals surface area contributed by atoms with E-state index in [1.54, 1.807) is 0 Å². The molecule has 1 aliphatic rings. The number of carbonyl (C=O) groups excluding carboxylic acids is 2. The molecule has 0 unspecified atom stereocenters. The Morgan fingerprint density at radius 1 is 1.30 bits per heavy atom. The SMILES string of the molecule is CC(C)[C@H]1CN(c2ccc(C(F)(F)F)nc2)C(=O)N1CC(=O)Nc1cncc(Cl)c1. The van der Waals surface area contributed by atoms with Crippen molar-refractivity contribution < 1.29 is 22.8 Å². The number of urea groups is 1. The molecule has 1 atom stereocenters. The minimum Gasteiger partial charge on any atom is -0.323 e. The number of pyridine rings is 2. The number of hydrogen-bond acceptors (Lipinski definition) is 4. The number of halogens is 4. The van der Waals surface area contributed by atoms with Crippen LogP contribution in [0.4, 0.5) is 29.3 Å². The number of anilines is 2. The first kappa shape index (κ1) is 21.8. The van der Waals surface area contributed by atoms with E-state index in [0.717, 1.165) is 12.3 Å². The molecule has 11 heteroatoms. The molecule has 1 N–H and O–H groups in total. The van der Waals surface area contributed by atoms with Crippen LogP contribution in [0.25, 0.3) is 0 Å². The number of alkyl halides is 3. The molecule has 160 valence electrons. The second-order valence-corrected chi connectivity index (χ2v) is 7.61. The Morgan fingerprint density at radius 2 is 2.03 bits per heavy atom. The van der Waals surface area contributed by atoms with Crippen molar-refractivity contribution in [3.63, 3.8) is 0 Å². The zero-order chi connectivity index (χ0) is 22.1. The highest BCUT2D eigenvalue weighted by Gasteiger charge is 2.41. The summed E-state index contributed by atoms with van der Waals surface area (Å²) in [6, 6.07) is 2.77. The average molecular weight is 442 g/mol. The summed E-state index contributed by atoms with van der Waals surface area (Å²) in [4.78, 5) is 35.4. The first-order chi connectivity index (χ1) is 14.1. The molecule has 3 rings (SSSR count). The van der Waals surface area contributed by atoms with Gasteiger partial charge in [0, 0.05) is 12.7 Å². The van der Waals surface area contributed by atoms with Gasteiger partial charge in [-0.25, -0.2) is 9.78 Å². The maximum atomic E-state index is 12.9. The molecule has 3 amide bonds. The van der Waals surface area contributed by atoms with Gasteiger partial charge in [-0.05, 0) is 24.1 Å². The second kappa shape index (κ2) is 8.47. The average Bonchev–Trinajstić information content (AvgIpc) is 2.98. The van der Waals surface area contributed by atoms with Crippen LogP contribution in [0.1, 0.15) is 19.5 Å². The van der Waals surface area contributed by atoms with Gasteiger partial charge in [0.05, 0.1) is 34.8 Å². The maximum absolute atomic E-state index is 12.9. The standard InChI is InChI=1S/C19H19ClF3N5O2/c1-11(2)15-9-27(14-3-4-16(25-8-14)19(21,22)23)18(30)28(15)10-17(29)26-13-5-12(20)6-24-7-13/h3-8,11,15H,9-10H2,1-2H3,(H,26,29)/t15-/m1/s1. The normalized spacial score (nSPS) is 17.0. The lowest BCUT2D eigenvalue weighted by molar-refractivity contribution is -0.141. The molecular weight excluding hydrogens is 423 g/mol. The van der Waals surface area contributed by atoms with Crippen molar-refractivity contribution in [2.75, 3.05) is 23.3 Å². The fraction of sp³-hybridized carbons (Fsp3) is 0.368.